The molecule has 0 fully saturated rings. The first-order valence-electron chi connectivity index (χ1n) is 2.15. The molecule has 0 heterocycles. The van der Waals surface area contributed by atoms with Gasteiger partial charge in [-0.2, -0.15) is 9.81 Å². The van der Waals surface area contributed by atoms with Crippen LogP contribution in [0.15, 0.2) is 10.4 Å². The summed E-state index contributed by atoms with van der Waals surface area (Å²) < 4.78 is 0. The average molecular weight is 112 g/mol. The molecule has 0 aliphatic carbocycles. The predicted octanol–water partition coefficient (Wildman–Crippen LogP) is 0.476. The van der Waals surface area contributed by atoms with Gasteiger partial charge in [0.1, 0.15) is 0 Å². The number of rotatable bonds is 4. The van der Waals surface area contributed by atoms with E-state index in [-0.39, 0.29) is 13.1 Å². The van der Waals surface area contributed by atoms with E-state index in [9.17, 15) is 9.81 Å². The summed E-state index contributed by atoms with van der Waals surface area (Å²) in [6.45, 7) is -0.0719. The third kappa shape index (κ3) is 3.45. The minimum atomic E-state index is -0.495. The van der Waals surface area contributed by atoms with Crippen molar-refractivity contribution >= 4 is 7.85 Å². The molecule has 0 aromatic heterocycles. The molecule has 0 spiro atoms. The first kappa shape index (κ1) is 7.26. The molecule has 4 nitrogen and oxygen atoms in total. The quantitative estimate of drug-likeness (QED) is 0.392. The molecular formula is C3H5BN2O2. The van der Waals surface area contributed by atoms with E-state index in [4.69, 9.17) is 7.85 Å². The molecule has 8 heavy (non-hydrogen) atoms. The van der Waals surface area contributed by atoms with E-state index in [0.717, 1.165) is 0 Å². The van der Waals surface area contributed by atoms with Crippen molar-refractivity contribution in [3.63, 3.8) is 0 Å². The standard InChI is InChI=1S/C3H5BN2O2/c4-3(1-5-7)2-6-8/h3H,1-2H2. The molecule has 0 amide bonds. The van der Waals surface area contributed by atoms with Crippen molar-refractivity contribution in [2.24, 2.45) is 10.4 Å². The second-order valence-electron chi connectivity index (χ2n) is 1.38. The van der Waals surface area contributed by atoms with Gasteiger partial charge in [-0.3, -0.25) is 0 Å². The molecule has 0 rings (SSSR count). The zero-order valence-corrected chi connectivity index (χ0v) is 4.28. The van der Waals surface area contributed by atoms with E-state index in [1.165, 1.54) is 0 Å². The molecule has 2 radical (unpaired) electrons. The second-order valence-corrected chi connectivity index (χ2v) is 1.38. The Morgan fingerprint density at radius 1 is 1.25 bits per heavy atom. The Labute approximate surface area is 48.0 Å². The van der Waals surface area contributed by atoms with Crippen LogP contribution >= 0.6 is 0 Å². The van der Waals surface area contributed by atoms with E-state index >= 15 is 0 Å². The van der Waals surface area contributed by atoms with Crippen molar-refractivity contribution in [3.8, 4) is 0 Å². The van der Waals surface area contributed by atoms with Gasteiger partial charge in [-0.1, -0.05) is 10.4 Å². The van der Waals surface area contributed by atoms with Crippen LogP contribution < -0.4 is 0 Å². The summed E-state index contributed by atoms with van der Waals surface area (Å²) in [6.07, 6.45) is 0. The summed E-state index contributed by atoms with van der Waals surface area (Å²) >= 11 is 0. The number of hydrogen-bond donors (Lipinski definition) is 0. The van der Waals surface area contributed by atoms with Gasteiger partial charge < -0.3 is 0 Å². The smallest absolute Gasteiger partial charge is 0.0780 e. The van der Waals surface area contributed by atoms with Crippen molar-refractivity contribution in [3.05, 3.63) is 9.81 Å². The van der Waals surface area contributed by atoms with Crippen LogP contribution in [0.3, 0.4) is 0 Å². The van der Waals surface area contributed by atoms with E-state index in [2.05, 4.69) is 10.4 Å². The lowest BCUT2D eigenvalue weighted by molar-refractivity contribution is 0.833. The minimum Gasteiger partial charge on any atom is -0.151 e. The van der Waals surface area contributed by atoms with Crippen LogP contribution in [0.5, 0.6) is 0 Å². The van der Waals surface area contributed by atoms with E-state index in [0.29, 0.717) is 0 Å². The van der Waals surface area contributed by atoms with Crippen molar-refractivity contribution in [2.45, 2.75) is 5.82 Å². The monoisotopic (exact) mass is 112 g/mol. The molecule has 0 N–H and O–H groups in total. The SMILES string of the molecule is [B]C(CN=O)CN=O. The van der Waals surface area contributed by atoms with Crippen LogP contribution in [0.2, 0.25) is 5.82 Å². The summed E-state index contributed by atoms with van der Waals surface area (Å²) in [5, 5.41) is 4.96. The maximum Gasteiger partial charge on any atom is 0.0780 e. The van der Waals surface area contributed by atoms with Crippen LogP contribution in [0.25, 0.3) is 0 Å². The summed E-state index contributed by atoms with van der Waals surface area (Å²) in [5.74, 6) is -0.495. The number of nitrogens with zero attached hydrogens (tertiary/aromatic N) is 2. The molecule has 0 unspecified atom stereocenters. The lowest BCUT2D eigenvalue weighted by Crippen LogP contribution is -1.99. The lowest BCUT2D eigenvalue weighted by Gasteiger charge is -1.95. The molecule has 0 aliphatic rings. The second kappa shape index (κ2) is 4.42. The Kier molecular flexibility index (Phi) is 4.02. The Morgan fingerprint density at radius 2 is 1.62 bits per heavy atom. The number of nitroso groups, excluding NO2 is 2. The largest absolute Gasteiger partial charge is 0.151 e. The van der Waals surface area contributed by atoms with Gasteiger partial charge in [-0.05, 0) is 5.82 Å². The van der Waals surface area contributed by atoms with E-state index < -0.39 is 5.82 Å². The summed E-state index contributed by atoms with van der Waals surface area (Å²) in [5.41, 5.74) is 0. The Morgan fingerprint density at radius 3 is 1.88 bits per heavy atom. The van der Waals surface area contributed by atoms with Gasteiger partial charge in [0.2, 0.25) is 0 Å². The summed E-state index contributed by atoms with van der Waals surface area (Å²) in [6, 6.07) is 0. The molecule has 0 aromatic carbocycles. The fourth-order valence-electron chi connectivity index (χ4n) is 0.249. The van der Waals surface area contributed by atoms with Gasteiger partial charge in [0, 0.05) is 0 Å². The van der Waals surface area contributed by atoms with Crippen molar-refractivity contribution < 1.29 is 0 Å². The third-order valence-electron chi connectivity index (χ3n) is 0.618. The molecular weight excluding hydrogens is 107 g/mol. The van der Waals surface area contributed by atoms with Gasteiger partial charge in [0.05, 0.1) is 20.9 Å². The summed E-state index contributed by atoms with van der Waals surface area (Å²) in [4.78, 5) is 18.8. The summed E-state index contributed by atoms with van der Waals surface area (Å²) in [7, 11) is 5.11. The van der Waals surface area contributed by atoms with Crippen LogP contribution in [0, 0.1) is 9.81 Å². The molecule has 0 saturated heterocycles. The highest BCUT2D eigenvalue weighted by atomic mass is 16.3. The third-order valence-corrected chi connectivity index (χ3v) is 0.618. The molecule has 0 atom stereocenters. The highest BCUT2D eigenvalue weighted by molar-refractivity contribution is 6.12. The van der Waals surface area contributed by atoms with Crippen LogP contribution in [0.1, 0.15) is 0 Å². The molecule has 42 valence electrons. The van der Waals surface area contributed by atoms with Crippen molar-refractivity contribution in [2.75, 3.05) is 13.1 Å². The topological polar surface area (TPSA) is 58.9 Å². The van der Waals surface area contributed by atoms with E-state index in [1.54, 1.807) is 0 Å². The van der Waals surface area contributed by atoms with Gasteiger partial charge in [0.15, 0.2) is 0 Å². The van der Waals surface area contributed by atoms with Crippen LogP contribution in [0.4, 0.5) is 0 Å². The Balaban J connectivity index is 3.16. The fraction of sp³-hybridized carbons (Fsp3) is 1.00. The molecule has 0 aliphatic heterocycles. The van der Waals surface area contributed by atoms with Crippen molar-refractivity contribution in [1.29, 1.82) is 0 Å². The fourth-order valence-corrected chi connectivity index (χ4v) is 0.249. The van der Waals surface area contributed by atoms with Gasteiger partial charge in [-0.15, -0.1) is 0 Å². The molecule has 0 aromatic rings. The molecule has 0 saturated carbocycles. The lowest BCUT2D eigenvalue weighted by atomic mass is 9.88. The number of hydrogen-bond acceptors (Lipinski definition) is 4. The van der Waals surface area contributed by atoms with Crippen LogP contribution in [-0.4, -0.2) is 20.9 Å². The average Bonchev–Trinajstić information content (AvgIpc) is 1.68. The maximum absolute atomic E-state index is 9.42. The Hall–Kier alpha value is -0.735. The molecule has 5 heteroatoms. The maximum atomic E-state index is 9.42. The zero-order valence-electron chi connectivity index (χ0n) is 4.28. The first-order chi connectivity index (χ1) is 3.81. The predicted molar refractivity (Wildman–Crippen MR) is 30.8 cm³/mol. The first-order valence-corrected chi connectivity index (χ1v) is 2.15. The van der Waals surface area contributed by atoms with E-state index in [1.807, 2.05) is 0 Å². The highest BCUT2D eigenvalue weighted by Gasteiger charge is 1.98. The Bertz CT molecular complexity index is 77.4. The van der Waals surface area contributed by atoms with Crippen molar-refractivity contribution in [1.82, 2.24) is 0 Å². The normalized spacial score (nSPS) is 9.12. The minimum absolute atomic E-state index is 0.0360. The van der Waals surface area contributed by atoms with Gasteiger partial charge in [0.25, 0.3) is 0 Å². The highest BCUT2D eigenvalue weighted by Crippen LogP contribution is 1.97. The van der Waals surface area contributed by atoms with Gasteiger partial charge >= 0.3 is 0 Å². The zero-order chi connectivity index (χ0) is 6.41. The van der Waals surface area contributed by atoms with Crippen LogP contribution in [-0.2, 0) is 0 Å². The molecule has 0 bridgehead atoms. The van der Waals surface area contributed by atoms with Gasteiger partial charge in [-0.25, -0.2) is 0 Å².